The van der Waals surface area contributed by atoms with E-state index in [0.29, 0.717) is 12.8 Å². The fourth-order valence-electron chi connectivity index (χ4n) is 2.85. The Morgan fingerprint density at radius 1 is 1.48 bits per heavy atom. The molecule has 3 rings (SSSR count). The molecule has 1 aromatic heterocycles. The van der Waals surface area contributed by atoms with Crippen molar-refractivity contribution in [3.63, 3.8) is 0 Å². The van der Waals surface area contributed by atoms with Gasteiger partial charge in [0.2, 0.25) is 5.91 Å². The number of rotatable bonds is 4. The summed E-state index contributed by atoms with van der Waals surface area (Å²) in [6, 6.07) is 6.37. The van der Waals surface area contributed by atoms with E-state index >= 15 is 0 Å². The maximum Gasteiger partial charge on any atom is 0.220 e. The van der Waals surface area contributed by atoms with Crippen molar-refractivity contribution < 1.29 is 4.79 Å². The minimum Gasteiger partial charge on any atom is -0.352 e. The first-order chi connectivity index (χ1) is 10.2. The number of carbonyl (C=O) groups excluding carboxylic acids is 1. The van der Waals surface area contributed by atoms with Crippen LogP contribution in [0.4, 0.5) is 0 Å². The van der Waals surface area contributed by atoms with Crippen molar-refractivity contribution in [3.05, 3.63) is 29.6 Å². The van der Waals surface area contributed by atoms with Gasteiger partial charge in [0.05, 0.1) is 11.0 Å². The highest BCUT2D eigenvalue weighted by atomic mass is 16.1. The zero-order valence-corrected chi connectivity index (χ0v) is 12.4. The fraction of sp³-hybridized carbons (Fsp3) is 0.500. The molecule has 1 amide bonds. The number of aromatic amines is 1. The number of piperidine rings is 1. The van der Waals surface area contributed by atoms with Crippen LogP contribution in [0.5, 0.6) is 0 Å². The summed E-state index contributed by atoms with van der Waals surface area (Å²) >= 11 is 0. The van der Waals surface area contributed by atoms with Crippen molar-refractivity contribution in [3.8, 4) is 0 Å². The number of hydrogen-bond donors (Lipinski definition) is 3. The number of fused-ring (bicyclic) bond motifs is 1. The number of hydrogen-bond acceptors (Lipinski definition) is 3. The summed E-state index contributed by atoms with van der Waals surface area (Å²) in [4.78, 5) is 19.9. The molecule has 0 aliphatic carbocycles. The van der Waals surface area contributed by atoms with Crippen molar-refractivity contribution in [1.29, 1.82) is 0 Å². The molecule has 0 saturated carbocycles. The maximum atomic E-state index is 12.0. The number of para-hydroxylation sites is 1. The third-order valence-corrected chi connectivity index (χ3v) is 4.01. The van der Waals surface area contributed by atoms with Crippen LogP contribution < -0.4 is 10.6 Å². The van der Waals surface area contributed by atoms with Gasteiger partial charge in [-0.25, -0.2) is 4.98 Å². The lowest BCUT2D eigenvalue weighted by atomic mass is 10.1. The van der Waals surface area contributed by atoms with E-state index in [9.17, 15) is 4.79 Å². The van der Waals surface area contributed by atoms with E-state index in [1.165, 1.54) is 0 Å². The van der Waals surface area contributed by atoms with Gasteiger partial charge < -0.3 is 15.6 Å². The second-order valence-corrected chi connectivity index (χ2v) is 5.77. The lowest BCUT2D eigenvalue weighted by molar-refractivity contribution is -0.121. The standard InChI is InChI=1S/C16H22N4O/c1-11-4-2-6-13-16(11)20-14(19-13)7-8-15(21)18-12-5-3-9-17-10-12/h2,4,6,12,17H,3,5,7-10H2,1H3,(H,18,21)(H,19,20). The zero-order valence-electron chi connectivity index (χ0n) is 12.4. The molecule has 1 unspecified atom stereocenters. The van der Waals surface area contributed by atoms with Crippen molar-refractivity contribution >= 4 is 16.9 Å². The lowest BCUT2D eigenvalue weighted by Gasteiger charge is -2.23. The van der Waals surface area contributed by atoms with Crippen LogP contribution in [0, 0.1) is 6.92 Å². The van der Waals surface area contributed by atoms with E-state index in [0.717, 1.165) is 48.4 Å². The summed E-state index contributed by atoms with van der Waals surface area (Å²) in [5, 5.41) is 6.40. The number of H-pyrrole nitrogens is 1. The van der Waals surface area contributed by atoms with Gasteiger partial charge in [-0.15, -0.1) is 0 Å². The van der Waals surface area contributed by atoms with Crippen LogP contribution in [0.25, 0.3) is 11.0 Å². The number of nitrogens with one attached hydrogen (secondary N) is 3. The minimum atomic E-state index is 0.112. The van der Waals surface area contributed by atoms with Crippen molar-refractivity contribution in [2.45, 2.75) is 38.6 Å². The highest BCUT2D eigenvalue weighted by Crippen LogP contribution is 2.16. The average Bonchev–Trinajstić information content (AvgIpc) is 2.91. The van der Waals surface area contributed by atoms with Crippen LogP contribution in [0.3, 0.4) is 0 Å². The summed E-state index contributed by atoms with van der Waals surface area (Å²) in [5.41, 5.74) is 3.21. The van der Waals surface area contributed by atoms with E-state index in [-0.39, 0.29) is 11.9 Å². The number of aromatic nitrogens is 2. The van der Waals surface area contributed by atoms with Crippen LogP contribution in [-0.2, 0) is 11.2 Å². The van der Waals surface area contributed by atoms with Gasteiger partial charge in [0.15, 0.2) is 0 Å². The molecule has 21 heavy (non-hydrogen) atoms. The molecule has 0 spiro atoms. The third-order valence-electron chi connectivity index (χ3n) is 4.01. The topological polar surface area (TPSA) is 69.8 Å². The molecule has 5 heteroatoms. The lowest BCUT2D eigenvalue weighted by Crippen LogP contribution is -2.45. The molecule has 2 aromatic rings. The van der Waals surface area contributed by atoms with Gasteiger partial charge in [0.25, 0.3) is 0 Å². The Balaban J connectivity index is 1.55. The van der Waals surface area contributed by atoms with E-state index in [2.05, 4.69) is 33.6 Å². The Hall–Kier alpha value is -1.88. The molecule has 1 aliphatic rings. The normalized spacial score (nSPS) is 18.8. The second kappa shape index (κ2) is 6.26. The zero-order chi connectivity index (χ0) is 14.7. The third kappa shape index (κ3) is 3.42. The minimum absolute atomic E-state index is 0.112. The molecule has 112 valence electrons. The number of imidazole rings is 1. The van der Waals surface area contributed by atoms with Crippen LogP contribution in [0.2, 0.25) is 0 Å². The number of carbonyl (C=O) groups is 1. The fourth-order valence-corrected chi connectivity index (χ4v) is 2.85. The highest BCUT2D eigenvalue weighted by Gasteiger charge is 2.15. The molecule has 0 bridgehead atoms. The Kier molecular flexibility index (Phi) is 4.20. The summed E-state index contributed by atoms with van der Waals surface area (Å²) in [6.07, 6.45) is 3.34. The van der Waals surface area contributed by atoms with Gasteiger partial charge in [-0.05, 0) is 37.9 Å². The van der Waals surface area contributed by atoms with Gasteiger partial charge in [-0.1, -0.05) is 12.1 Å². The molecule has 5 nitrogen and oxygen atoms in total. The Bertz CT molecular complexity index is 628. The van der Waals surface area contributed by atoms with E-state index in [1.54, 1.807) is 0 Å². The maximum absolute atomic E-state index is 12.0. The largest absolute Gasteiger partial charge is 0.352 e. The van der Waals surface area contributed by atoms with E-state index in [4.69, 9.17) is 0 Å². The molecular weight excluding hydrogens is 264 g/mol. The second-order valence-electron chi connectivity index (χ2n) is 5.77. The summed E-state index contributed by atoms with van der Waals surface area (Å²) < 4.78 is 0. The van der Waals surface area contributed by atoms with Crippen molar-refractivity contribution in [2.75, 3.05) is 13.1 Å². The van der Waals surface area contributed by atoms with E-state index in [1.807, 2.05) is 12.1 Å². The first-order valence-corrected chi connectivity index (χ1v) is 7.66. The summed E-state index contributed by atoms with van der Waals surface area (Å²) in [5.74, 6) is 0.997. The molecule has 1 saturated heterocycles. The predicted octanol–water partition coefficient (Wildman–Crippen LogP) is 1.67. The molecule has 1 fully saturated rings. The monoisotopic (exact) mass is 286 g/mol. The van der Waals surface area contributed by atoms with Crippen molar-refractivity contribution in [2.24, 2.45) is 0 Å². The average molecular weight is 286 g/mol. The van der Waals surface area contributed by atoms with Gasteiger partial charge in [-0.3, -0.25) is 4.79 Å². The summed E-state index contributed by atoms with van der Waals surface area (Å²) in [6.45, 7) is 4.00. The van der Waals surface area contributed by atoms with Crippen LogP contribution in [0.1, 0.15) is 30.7 Å². The molecule has 3 N–H and O–H groups in total. The Morgan fingerprint density at radius 2 is 2.38 bits per heavy atom. The Labute approximate surface area is 124 Å². The van der Waals surface area contributed by atoms with Crippen molar-refractivity contribution in [1.82, 2.24) is 20.6 Å². The summed E-state index contributed by atoms with van der Waals surface area (Å²) in [7, 11) is 0. The smallest absolute Gasteiger partial charge is 0.220 e. The quantitative estimate of drug-likeness (QED) is 0.801. The van der Waals surface area contributed by atoms with Crippen LogP contribution in [-0.4, -0.2) is 35.0 Å². The Morgan fingerprint density at radius 3 is 3.14 bits per heavy atom. The number of nitrogens with zero attached hydrogens (tertiary/aromatic N) is 1. The van der Waals surface area contributed by atoms with Gasteiger partial charge in [-0.2, -0.15) is 0 Å². The molecule has 2 heterocycles. The SMILES string of the molecule is Cc1cccc2[nH]c(CCC(=O)NC3CCCNC3)nc12. The molecule has 0 radical (unpaired) electrons. The highest BCUT2D eigenvalue weighted by molar-refractivity contribution is 5.79. The van der Waals surface area contributed by atoms with Gasteiger partial charge in [0, 0.05) is 25.4 Å². The van der Waals surface area contributed by atoms with Gasteiger partial charge >= 0.3 is 0 Å². The van der Waals surface area contributed by atoms with E-state index < -0.39 is 0 Å². The molecule has 1 aliphatic heterocycles. The predicted molar refractivity (Wildman–Crippen MR) is 83.2 cm³/mol. The first kappa shape index (κ1) is 14.1. The molecule has 1 atom stereocenters. The first-order valence-electron chi connectivity index (χ1n) is 7.66. The number of benzene rings is 1. The van der Waals surface area contributed by atoms with Crippen LogP contribution >= 0.6 is 0 Å². The van der Waals surface area contributed by atoms with Crippen LogP contribution in [0.15, 0.2) is 18.2 Å². The number of amides is 1. The molecular formula is C16H22N4O. The number of aryl methyl sites for hydroxylation is 2. The van der Waals surface area contributed by atoms with Gasteiger partial charge in [0.1, 0.15) is 5.82 Å². The molecule has 1 aromatic carbocycles.